The van der Waals surface area contributed by atoms with Crippen molar-refractivity contribution in [1.29, 1.82) is 0 Å². The third kappa shape index (κ3) is 3.18. The van der Waals surface area contributed by atoms with Crippen molar-refractivity contribution in [1.82, 2.24) is 14.5 Å². The summed E-state index contributed by atoms with van der Waals surface area (Å²) >= 11 is 3.02. The first-order chi connectivity index (χ1) is 14.9. The van der Waals surface area contributed by atoms with Crippen LogP contribution in [-0.2, 0) is 16.8 Å². The second kappa shape index (κ2) is 6.97. The lowest BCUT2D eigenvalue weighted by Gasteiger charge is -2.56. The lowest BCUT2D eigenvalue weighted by Crippen LogP contribution is -2.48. The van der Waals surface area contributed by atoms with E-state index < -0.39 is 0 Å². The Bertz CT molecular complexity index is 1220. The Labute approximate surface area is 188 Å². The van der Waals surface area contributed by atoms with E-state index in [-0.39, 0.29) is 23.4 Å². The smallest absolute Gasteiger partial charge is 0.262 e. The summed E-state index contributed by atoms with van der Waals surface area (Å²) in [6, 6.07) is 0. The monoisotopic (exact) mass is 454 g/mol. The molecule has 7 rings (SSSR count). The molecule has 4 aliphatic rings. The van der Waals surface area contributed by atoms with Crippen molar-refractivity contribution in [2.24, 2.45) is 17.8 Å². The van der Waals surface area contributed by atoms with Gasteiger partial charge in [-0.15, -0.1) is 22.7 Å². The maximum Gasteiger partial charge on any atom is 0.262 e. The van der Waals surface area contributed by atoms with Crippen LogP contribution in [0.15, 0.2) is 16.5 Å². The number of hydrogen-bond donors (Lipinski definition) is 1. The number of hydrogen-bond acceptors (Lipinski definition) is 6. The van der Waals surface area contributed by atoms with Gasteiger partial charge in [0.1, 0.15) is 11.4 Å². The Kier molecular flexibility index (Phi) is 4.41. The van der Waals surface area contributed by atoms with Crippen molar-refractivity contribution in [3.05, 3.63) is 38.2 Å². The molecule has 0 saturated heterocycles. The molecule has 1 N–H and O–H groups in total. The van der Waals surface area contributed by atoms with Crippen LogP contribution in [0.1, 0.15) is 54.7 Å². The zero-order valence-corrected chi connectivity index (χ0v) is 19.4. The second-order valence-electron chi connectivity index (χ2n) is 9.92. The first kappa shape index (κ1) is 19.6. The van der Waals surface area contributed by atoms with Crippen LogP contribution in [-0.4, -0.2) is 20.4 Å². The number of anilines is 1. The van der Waals surface area contributed by atoms with E-state index in [1.807, 2.05) is 13.8 Å². The number of rotatable bonds is 4. The topological polar surface area (TPSA) is 76.9 Å². The Balaban J connectivity index is 1.20. The first-order valence-electron chi connectivity index (χ1n) is 11.1. The van der Waals surface area contributed by atoms with E-state index in [9.17, 15) is 9.59 Å². The van der Waals surface area contributed by atoms with E-state index in [0.717, 1.165) is 33.0 Å². The Morgan fingerprint density at radius 1 is 1.19 bits per heavy atom. The van der Waals surface area contributed by atoms with Crippen molar-refractivity contribution in [2.45, 2.75) is 64.3 Å². The lowest BCUT2D eigenvalue weighted by atomic mass is 9.49. The molecule has 3 aromatic rings. The van der Waals surface area contributed by atoms with Gasteiger partial charge in [0.15, 0.2) is 5.13 Å². The van der Waals surface area contributed by atoms with Gasteiger partial charge < -0.3 is 5.32 Å². The molecule has 1 amide bonds. The highest BCUT2D eigenvalue weighted by Gasteiger charge is 2.52. The molecule has 3 heterocycles. The van der Waals surface area contributed by atoms with Crippen LogP contribution in [0.5, 0.6) is 0 Å². The van der Waals surface area contributed by atoms with Crippen LogP contribution < -0.4 is 10.9 Å². The maximum absolute atomic E-state index is 12.9. The lowest BCUT2D eigenvalue weighted by molar-refractivity contribution is -0.116. The van der Waals surface area contributed by atoms with E-state index in [0.29, 0.717) is 10.5 Å². The molecule has 0 spiro atoms. The summed E-state index contributed by atoms with van der Waals surface area (Å²) in [6.45, 7) is 3.87. The number of thiophene rings is 1. The third-order valence-corrected chi connectivity index (χ3v) is 9.67. The zero-order chi connectivity index (χ0) is 21.3. The highest BCUT2D eigenvalue weighted by atomic mass is 32.1. The summed E-state index contributed by atoms with van der Waals surface area (Å²) in [5, 5.41) is 6.34. The van der Waals surface area contributed by atoms with Crippen molar-refractivity contribution in [3.63, 3.8) is 0 Å². The van der Waals surface area contributed by atoms with Gasteiger partial charge in [-0.3, -0.25) is 14.2 Å². The molecule has 4 aliphatic carbocycles. The predicted molar refractivity (Wildman–Crippen MR) is 124 cm³/mol. The van der Waals surface area contributed by atoms with Gasteiger partial charge in [-0.1, -0.05) is 0 Å². The molecule has 0 radical (unpaired) electrons. The predicted octanol–water partition coefficient (Wildman–Crippen LogP) is 4.64. The molecule has 4 saturated carbocycles. The summed E-state index contributed by atoms with van der Waals surface area (Å²) in [6.07, 6.45) is 9.47. The summed E-state index contributed by atoms with van der Waals surface area (Å²) < 4.78 is 1.39. The normalized spacial score (nSPS) is 29.0. The van der Waals surface area contributed by atoms with E-state index in [4.69, 9.17) is 4.98 Å². The van der Waals surface area contributed by atoms with Crippen LogP contribution in [0.3, 0.4) is 0 Å². The van der Waals surface area contributed by atoms with Crippen LogP contribution in [0.4, 0.5) is 5.13 Å². The second-order valence-corrected chi connectivity index (χ2v) is 12.0. The van der Waals surface area contributed by atoms with Gasteiger partial charge >= 0.3 is 0 Å². The summed E-state index contributed by atoms with van der Waals surface area (Å²) in [4.78, 5) is 36.6. The van der Waals surface area contributed by atoms with Gasteiger partial charge in [0.05, 0.1) is 17.4 Å². The number of thiazole rings is 1. The average Bonchev–Trinajstić information content (AvgIpc) is 3.29. The van der Waals surface area contributed by atoms with Gasteiger partial charge in [-0.05, 0) is 75.7 Å². The largest absolute Gasteiger partial charge is 0.300 e. The van der Waals surface area contributed by atoms with Crippen molar-refractivity contribution < 1.29 is 4.79 Å². The summed E-state index contributed by atoms with van der Waals surface area (Å²) in [7, 11) is 0. The molecule has 6 nitrogen and oxygen atoms in total. The molecule has 0 aromatic carbocycles. The zero-order valence-electron chi connectivity index (χ0n) is 17.8. The molecule has 162 valence electrons. The molecule has 0 aliphatic heterocycles. The molecular formula is C23H26N4O2S2. The summed E-state index contributed by atoms with van der Waals surface area (Å²) in [5.74, 6) is 2.36. The average molecular weight is 455 g/mol. The number of amides is 1. The van der Waals surface area contributed by atoms with Crippen LogP contribution in [0.2, 0.25) is 0 Å². The van der Waals surface area contributed by atoms with Gasteiger partial charge in [-0.25, -0.2) is 9.97 Å². The van der Waals surface area contributed by atoms with E-state index >= 15 is 0 Å². The summed E-state index contributed by atoms with van der Waals surface area (Å²) in [5.41, 5.74) is 2.20. The fraction of sp³-hybridized carbons (Fsp3) is 0.565. The number of aryl methyl sites for hydroxylation is 2. The Hall–Kier alpha value is -2.06. The highest BCUT2D eigenvalue weighted by Crippen LogP contribution is 2.60. The first-order valence-corrected chi connectivity index (χ1v) is 12.8. The molecular weight excluding hydrogens is 428 g/mol. The number of nitrogens with one attached hydrogen (secondary N) is 1. The highest BCUT2D eigenvalue weighted by molar-refractivity contribution is 7.18. The van der Waals surface area contributed by atoms with Gasteiger partial charge in [-0.2, -0.15) is 0 Å². The molecule has 0 unspecified atom stereocenters. The number of nitrogens with zero attached hydrogens (tertiary/aromatic N) is 3. The molecule has 3 aromatic heterocycles. The van der Waals surface area contributed by atoms with E-state index in [1.54, 1.807) is 0 Å². The van der Waals surface area contributed by atoms with Gasteiger partial charge in [0.25, 0.3) is 5.56 Å². The van der Waals surface area contributed by atoms with Crippen LogP contribution >= 0.6 is 22.7 Å². The molecule has 4 bridgehead atoms. The van der Waals surface area contributed by atoms with Crippen molar-refractivity contribution >= 4 is 43.9 Å². The van der Waals surface area contributed by atoms with Gasteiger partial charge in [0, 0.05) is 15.7 Å². The quantitative estimate of drug-likeness (QED) is 0.623. The Morgan fingerprint density at radius 3 is 2.55 bits per heavy atom. The molecule has 4 fully saturated rings. The van der Waals surface area contributed by atoms with E-state index in [2.05, 4.69) is 15.7 Å². The third-order valence-electron chi connectivity index (χ3n) is 7.80. The van der Waals surface area contributed by atoms with Crippen molar-refractivity contribution in [2.75, 3.05) is 5.32 Å². The van der Waals surface area contributed by atoms with Crippen LogP contribution in [0, 0.1) is 31.6 Å². The van der Waals surface area contributed by atoms with Gasteiger partial charge in [0.2, 0.25) is 5.91 Å². The standard InChI is InChI=1S/C23H26N4O2S2/c1-12-13(2)31-20-19(12)21(29)27(11-24-20)9-18(28)26-22-25-17(10-30-22)23-6-14-3-15(7-23)5-16(4-14)8-23/h10-11,14-16H,3-9H2,1-2H3,(H,25,26,28). The fourth-order valence-electron chi connectivity index (χ4n) is 6.70. The molecule has 8 heteroatoms. The fourth-order valence-corrected chi connectivity index (χ4v) is 8.53. The number of fused-ring (bicyclic) bond motifs is 1. The molecule has 31 heavy (non-hydrogen) atoms. The number of carbonyl (C=O) groups excluding carboxylic acids is 1. The number of carbonyl (C=O) groups is 1. The maximum atomic E-state index is 12.9. The SMILES string of the molecule is Cc1sc2ncn(CC(=O)Nc3nc(C45CC6CC(CC(C6)C4)C5)cs3)c(=O)c2c1C. The Morgan fingerprint density at radius 2 is 1.87 bits per heavy atom. The minimum Gasteiger partial charge on any atom is -0.300 e. The van der Waals surface area contributed by atoms with E-state index in [1.165, 1.54) is 77.8 Å². The molecule has 0 atom stereocenters. The minimum atomic E-state index is -0.237. The van der Waals surface area contributed by atoms with Crippen LogP contribution in [0.25, 0.3) is 10.2 Å². The minimum absolute atomic E-state index is 0.0532. The van der Waals surface area contributed by atoms with Crippen molar-refractivity contribution in [3.8, 4) is 0 Å². The number of aromatic nitrogens is 3.